The van der Waals surface area contributed by atoms with E-state index in [4.69, 9.17) is 0 Å². The maximum atomic E-state index is 12.6. The molecule has 1 N–H and O–H groups in total. The number of aryl methyl sites for hydroxylation is 1. The predicted molar refractivity (Wildman–Crippen MR) is 98.2 cm³/mol. The fourth-order valence-electron chi connectivity index (χ4n) is 3.32. The number of aromatic nitrogens is 3. The molecular weight excluding hydrogens is 314 g/mol. The van der Waals surface area contributed by atoms with Crippen LogP contribution in [0.3, 0.4) is 0 Å². The largest absolute Gasteiger partial charge is 0.331 e. The third-order valence-corrected chi connectivity index (χ3v) is 4.71. The monoisotopic (exact) mass is 341 g/mol. The van der Waals surface area contributed by atoms with Crippen molar-refractivity contribution in [2.75, 3.05) is 18.4 Å². The lowest BCUT2D eigenvalue weighted by molar-refractivity contribution is -0.121. The average Bonchev–Trinajstić information content (AvgIpc) is 3.05. The van der Waals surface area contributed by atoms with E-state index in [1.807, 2.05) is 31.5 Å². The van der Waals surface area contributed by atoms with Gasteiger partial charge in [0.2, 0.25) is 5.91 Å². The van der Waals surface area contributed by atoms with Crippen LogP contribution in [0.5, 0.6) is 0 Å². The SMILES string of the molecule is Cc1ccc(NC(=O)C2CCCN(Cc3nccn3C(C)C)C2)nc1. The first-order chi connectivity index (χ1) is 12.0. The minimum Gasteiger partial charge on any atom is -0.331 e. The lowest BCUT2D eigenvalue weighted by atomic mass is 9.97. The number of nitrogens with one attached hydrogen (secondary N) is 1. The molecule has 6 heteroatoms. The van der Waals surface area contributed by atoms with Gasteiger partial charge in [-0.1, -0.05) is 6.07 Å². The fourth-order valence-corrected chi connectivity index (χ4v) is 3.32. The Kier molecular flexibility index (Phi) is 5.48. The first-order valence-corrected chi connectivity index (χ1v) is 9.00. The molecule has 1 aliphatic heterocycles. The molecule has 3 heterocycles. The molecule has 1 saturated heterocycles. The molecule has 0 aromatic carbocycles. The molecule has 3 rings (SSSR count). The Morgan fingerprint density at radius 2 is 2.20 bits per heavy atom. The number of nitrogens with zero attached hydrogens (tertiary/aromatic N) is 4. The summed E-state index contributed by atoms with van der Waals surface area (Å²) in [4.78, 5) is 23.7. The van der Waals surface area contributed by atoms with Gasteiger partial charge in [0.15, 0.2) is 0 Å². The Morgan fingerprint density at radius 3 is 2.92 bits per heavy atom. The molecule has 1 unspecified atom stereocenters. The Hall–Kier alpha value is -2.21. The molecule has 2 aromatic rings. The van der Waals surface area contributed by atoms with Crippen LogP contribution in [0, 0.1) is 12.8 Å². The number of hydrogen-bond acceptors (Lipinski definition) is 4. The van der Waals surface area contributed by atoms with E-state index < -0.39 is 0 Å². The molecule has 1 atom stereocenters. The fraction of sp³-hybridized carbons (Fsp3) is 0.526. The maximum Gasteiger partial charge on any atom is 0.229 e. The summed E-state index contributed by atoms with van der Waals surface area (Å²) in [5.74, 6) is 1.76. The zero-order chi connectivity index (χ0) is 17.8. The third kappa shape index (κ3) is 4.45. The number of pyridine rings is 1. The summed E-state index contributed by atoms with van der Waals surface area (Å²) in [5.41, 5.74) is 1.09. The normalized spacial score (nSPS) is 18.5. The highest BCUT2D eigenvalue weighted by atomic mass is 16.2. The number of rotatable bonds is 5. The van der Waals surface area contributed by atoms with Gasteiger partial charge in [-0.2, -0.15) is 0 Å². The Balaban J connectivity index is 1.59. The highest BCUT2D eigenvalue weighted by Crippen LogP contribution is 2.20. The zero-order valence-corrected chi connectivity index (χ0v) is 15.3. The molecule has 0 aliphatic carbocycles. The number of imidazole rings is 1. The van der Waals surface area contributed by atoms with Gasteiger partial charge in [-0.25, -0.2) is 9.97 Å². The van der Waals surface area contributed by atoms with Crippen molar-refractivity contribution in [1.82, 2.24) is 19.4 Å². The standard InChI is InChI=1S/C19H27N5O/c1-14(2)24-10-8-20-18(24)13-23-9-4-5-16(12-23)19(25)22-17-7-6-15(3)11-21-17/h6-8,10-11,14,16H,4-5,9,12-13H2,1-3H3,(H,21,22,25). The van der Waals surface area contributed by atoms with Gasteiger partial charge in [-0.15, -0.1) is 0 Å². The van der Waals surface area contributed by atoms with Crippen LogP contribution in [0.25, 0.3) is 0 Å². The van der Waals surface area contributed by atoms with Gasteiger partial charge in [0, 0.05) is 31.2 Å². The molecule has 0 saturated carbocycles. The van der Waals surface area contributed by atoms with Gasteiger partial charge in [-0.05, 0) is 51.8 Å². The number of carbonyl (C=O) groups is 1. The summed E-state index contributed by atoms with van der Waals surface area (Å²) >= 11 is 0. The van der Waals surface area contributed by atoms with Crippen LogP contribution >= 0.6 is 0 Å². The van der Waals surface area contributed by atoms with E-state index in [0.717, 1.165) is 43.9 Å². The minimum absolute atomic E-state index is 0.000634. The predicted octanol–water partition coefficient (Wildman–Crippen LogP) is 3.02. The second-order valence-corrected chi connectivity index (χ2v) is 7.13. The maximum absolute atomic E-state index is 12.6. The van der Waals surface area contributed by atoms with Crippen molar-refractivity contribution >= 4 is 11.7 Å². The zero-order valence-electron chi connectivity index (χ0n) is 15.3. The first-order valence-electron chi connectivity index (χ1n) is 9.00. The van der Waals surface area contributed by atoms with Gasteiger partial charge in [0.1, 0.15) is 11.6 Å². The number of amides is 1. The van der Waals surface area contributed by atoms with Gasteiger partial charge < -0.3 is 9.88 Å². The minimum atomic E-state index is -0.000634. The number of likely N-dealkylation sites (tertiary alicyclic amines) is 1. The Morgan fingerprint density at radius 1 is 1.36 bits per heavy atom. The van der Waals surface area contributed by atoms with Crippen LogP contribution in [0.15, 0.2) is 30.7 Å². The van der Waals surface area contributed by atoms with Gasteiger partial charge in [0.25, 0.3) is 0 Å². The van der Waals surface area contributed by atoms with Crippen LogP contribution in [0.1, 0.15) is 44.1 Å². The number of hydrogen-bond donors (Lipinski definition) is 1. The van der Waals surface area contributed by atoms with Crippen molar-refractivity contribution in [3.05, 3.63) is 42.1 Å². The van der Waals surface area contributed by atoms with E-state index in [0.29, 0.717) is 11.9 Å². The molecule has 1 aliphatic rings. The summed E-state index contributed by atoms with van der Waals surface area (Å²) in [6, 6.07) is 4.21. The van der Waals surface area contributed by atoms with Crippen LogP contribution in [0.2, 0.25) is 0 Å². The van der Waals surface area contributed by atoms with Gasteiger partial charge in [0.05, 0.1) is 12.5 Å². The Labute approximate surface area is 149 Å². The molecule has 1 amide bonds. The van der Waals surface area contributed by atoms with Crippen LogP contribution < -0.4 is 5.32 Å². The van der Waals surface area contributed by atoms with Gasteiger partial charge >= 0.3 is 0 Å². The van der Waals surface area contributed by atoms with Crippen molar-refractivity contribution in [2.24, 2.45) is 5.92 Å². The molecule has 134 valence electrons. The van der Waals surface area contributed by atoms with Gasteiger partial charge in [-0.3, -0.25) is 9.69 Å². The Bertz CT molecular complexity index is 707. The molecule has 1 fully saturated rings. The van der Waals surface area contributed by atoms with Crippen LogP contribution in [-0.2, 0) is 11.3 Å². The first kappa shape index (κ1) is 17.6. The number of anilines is 1. The second-order valence-electron chi connectivity index (χ2n) is 7.13. The van der Waals surface area contributed by atoms with Crippen molar-refractivity contribution in [3.63, 3.8) is 0 Å². The van der Waals surface area contributed by atoms with E-state index in [9.17, 15) is 4.79 Å². The van der Waals surface area contributed by atoms with Crippen molar-refractivity contribution < 1.29 is 4.79 Å². The highest BCUT2D eigenvalue weighted by molar-refractivity contribution is 5.91. The highest BCUT2D eigenvalue weighted by Gasteiger charge is 2.27. The van der Waals surface area contributed by atoms with E-state index in [1.54, 1.807) is 6.20 Å². The van der Waals surface area contributed by atoms with Crippen LogP contribution in [0.4, 0.5) is 5.82 Å². The molecule has 2 aromatic heterocycles. The smallest absolute Gasteiger partial charge is 0.229 e. The number of carbonyl (C=O) groups excluding carboxylic acids is 1. The lowest BCUT2D eigenvalue weighted by Crippen LogP contribution is -2.40. The van der Waals surface area contributed by atoms with Crippen molar-refractivity contribution in [1.29, 1.82) is 0 Å². The summed E-state index contributed by atoms with van der Waals surface area (Å²) in [7, 11) is 0. The summed E-state index contributed by atoms with van der Waals surface area (Å²) < 4.78 is 2.19. The third-order valence-electron chi connectivity index (χ3n) is 4.71. The summed E-state index contributed by atoms with van der Waals surface area (Å²) in [6.07, 6.45) is 7.60. The van der Waals surface area contributed by atoms with E-state index in [-0.39, 0.29) is 11.8 Å². The molecule has 25 heavy (non-hydrogen) atoms. The summed E-state index contributed by atoms with van der Waals surface area (Å²) in [5, 5.41) is 2.95. The molecule has 0 spiro atoms. The lowest BCUT2D eigenvalue weighted by Gasteiger charge is -2.32. The van der Waals surface area contributed by atoms with E-state index in [1.165, 1.54) is 0 Å². The molecule has 6 nitrogen and oxygen atoms in total. The number of piperidine rings is 1. The van der Waals surface area contributed by atoms with E-state index in [2.05, 4.69) is 38.6 Å². The summed E-state index contributed by atoms with van der Waals surface area (Å²) in [6.45, 7) is 8.87. The van der Waals surface area contributed by atoms with Crippen LogP contribution in [-0.4, -0.2) is 38.4 Å². The molecule has 0 radical (unpaired) electrons. The topological polar surface area (TPSA) is 63.1 Å². The van der Waals surface area contributed by atoms with Crippen molar-refractivity contribution in [3.8, 4) is 0 Å². The average molecular weight is 341 g/mol. The molecular formula is C19H27N5O. The molecule has 0 bridgehead atoms. The van der Waals surface area contributed by atoms with E-state index >= 15 is 0 Å². The van der Waals surface area contributed by atoms with Crippen molar-refractivity contribution in [2.45, 2.75) is 46.2 Å². The second kappa shape index (κ2) is 7.78. The quantitative estimate of drug-likeness (QED) is 0.908.